The molecule has 0 aromatic carbocycles. The Balaban J connectivity index is 4.61. The summed E-state index contributed by atoms with van der Waals surface area (Å²) in [5, 5.41) is 0. The predicted octanol–water partition coefficient (Wildman–Crippen LogP) is -0.804. The Bertz CT molecular complexity index is 291. The highest BCUT2D eigenvalue weighted by atomic mass is 16.5. The van der Waals surface area contributed by atoms with Crippen molar-refractivity contribution >= 4 is 17.9 Å². The van der Waals surface area contributed by atoms with Crippen LogP contribution in [0.5, 0.6) is 0 Å². The van der Waals surface area contributed by atoms with Crippen LogP contribution in [0.15, 0.2) is 0 Å². The van der Waals surface area contributed by atoms with Gasteiger partial charge in [0.2, 0.25) is 0 Å². The Labute approximate surface area is 99.6 Å². The van der Waals surface area contributed by atoms with Gasteiger partial charge in [0.1, 0.15) is 6.04 Å². The minimum absolute atomic E-state index is 0.118. The highest BCUT2D eigenvalue weighted by molar-refractivity contribution is 5.83. The van der Waals surface area contributed by atoms with Crippen LogP contribution in [0.3, 0.4) is 0 Å². The van der Waals surface area contributed by atoms with Gasteiger partial charge in [0, 0.05) is 0 Å². The van der Waals surface area contributed by atoms with Crippen LogP contribution in [0.2, 0.25) is 0 Å². The summed E-state index contributed by atoms with van der Waals surface area (Å²) in [4.78, 5) is 35.0. The van der Waals surface area contributed by atoms with E-state index in [0.29, 0.717) is 0 Å². The monoisotopic (exact) mass is 247 g/mol. The third kappa shape index (κ3) is 5.30. The van der Waals surface area contributed by atoms with E-state index < -0.39 is 23.9 Å². The molecule has 0 aliphatic rings. The molecule has 0 aromatic heterocycles. The lowest BCUT2D eigenvalue weighted by Gasteiger charge is -2.23. The number of likely N-dealkylation sites (N-methyl/N-ethyl adjacent to an activating group) is 1. The highest BCUT2D eigenvalue weighted by Crippen LogP contribution is 2.06. The largest absolute Gasteiger partial charge is 0.469 e. The SMILES string of the molecule is COC(=O)CC(C(=O)OC)N(C)CC(=O)OC. The fraction of sp³-hybridized carbons (Fsp3) is 0.700. The summed E-state index contributed by atoms with van der Waals surface area (Å²) in [5.41, 5.74) is 0. The van der Waals surface area contributed by atoms with Crippen LogP contribution in [0.25, 0.3) is 0 Å². The highest BCUT2D eigenvalue weighted by Gasteiger charge is 2.28. The van der Waals surface area contributed by atoms with Crippen LogP contribution in [0.1, 0.15) is 6.42 Å². The first kappa shape index (κ1) is 15.4. The first-order valence-electron chi connectivity index (χ1n) is 4.88. The van der Waals surface area contributed by atoms with Crippen LogP contribution in [0.4, 0.5) is 0 Å². The molecule has 0 heterocycles. The zero-order chi connectivity index (χ0) is 13.4. The lowest BCUT2D eigenvalue weighted by atomic mass is 10.2. The van der Waals surface area contributed by atoms with E-state index in [9.17, 15) is 14.4 Å². The number of hydrogen-bond donors (Lipinski definition) is 0. The number of nitrogens with zero attached hydrogens (tertiary/aromatic N) is 1. The Morgan fingerprint density at radius 2 is 1.53 bits per heavy atom. The summed E-state index contributed by atoms with van der Waals surface area (Å²) in [6.07, 6.45) is -0.184. The fourth-order valence-corrected chi connectivity index (χ4v) is 1.17. The number of methoxy groups -OCH3 is 3. The van der Waals surface area contributed by atoms with Crippen molar-refractivity contribution in [3.8, 4) is 0 Å². The molecule has 1 atom stereocenters. The van der Waals surface area contributed by atoms with E-state index in [1.54, 1.807) is 0 Å². The molecule has 0 fully saturated rings. The molecular weight excluding hydrogens is 230 g/mol. The van der Waals surface area contributed by atoms with Crippen LogP contribution >= 0.6 is 0 Å². The molecule has 0 N–H and O–H groups in total. The van der Waals surface area contributed by atoms with Gasteiger partial charge in [0.15, 0.2) is 0 Å². The van der Waals surface area contributed by atoms with Gasteiger partial charge in [-0.05, 0) is 7.05 Å². The van der Waals surface area contributed by atoms with E-state index in [-0.39, 0.29) is 13.0 Å². The predicted molar refractivity (Wildman–Crippen MR) is 57.1 cm³/mol. The Hall–Kier alpha value is -1.63. The van der Waals surface area contributed by atoms with E-state index in [0.717, 1.165) is 0 Å². The van der Waals surface area contributed by atoms with Gasteiger partial charge in [-0.15, -0.1) is 0 Å². The Morgan fingerprint density at radius 3 is 1.94 bits per heavy atom. The second-order valence-electron chi connectivity index (χ2n) is 3.31. The number of carbonyl (C=O) groups excluding carboxylic acids is 3. The Morgan fingerprint density at radius 1 is 1.00 bits per heavy atom. The molecule has 7 heteroatoms. The van der Waals surface area contributed by atoms with Gasteiger partial charge >= 0.3 is 17.9 Å². The zero-order valence-corrected chi connectivity index (χ0v) is 10.4. The topological polar surface area (TPSA) is 82.1 Å². The van der Waals surface area contributed by atoms with Crippen LogP contribution in [0, 0.1) is 0 Å². The summed E-state index contributed by atoms with van der Waals surface area (Å²) >= 11 is 0. The normalized spacial score (nSPS) is 11.8. The quantitative estimate of drug-likeness (QED) is 0.448. The van der Waals surface area contributed by atoms with E-state index in [1.165, 1.54) is 33.3 Å². The second kappa shape index (κ2) is 7.61. The fourth-order valence-electron chi connectivity index (χ4n) is 1.17. The number of rotatable bonds is 6. The molecule has 0 saturated carbocycles. The maximum Gasteiger partial charge on any atom is 0.323 e. The molecule has 0 saturated heterocycles. The lowest BCUT2D eigenvalue weighted by molar-refractivity contribution is -0.155. The number of hydrogen-bond acceptors (Lipinski definition) is 7. The molecule has 98 valence electrons. The molecule has 0 radical (unpaired) electrons. The van der Waals surface area contributed by atoms with Crippen molar-refractivity contribution in [3.63, 3.8) is 0 Å². The van der Waals surface area contributed by atoms with Gasteiger partial charge in [-0.2, -0.15) is 0 Å². The third-order valence-electron chi connectivity index (χ3n) is 2.20. The van der Waals surface area contributed by atoms with Gasteiger partial charge in [0.25, 0.3) is 0 Å². The first-order valence-corrected chi connectivity index (χ1v) is 4.88. The van der Waals surface area contributed by atoms with Crippen molar-refractivity contribution < 1.29 is 28.6 Å². The van der Waals surface area contributed by atoms with Crippen molar-refractivity contribution in [1.29, 1.82) is 0 Å². The molecule has 0 aromatic rings. The van der Waals surface area contributed by atoms with Crippen molar-refractivity contribution in [3.05, 3.63) is 0 Å². The molecule has 7 nitrogen and oxygen atoms in total. The molecule has 0 aliphatic carbocycles. The molecule has 0 spiro atoms. The molecular formula is C10H17NO6. The van der Waals surface area contributed by atoms with Crippen molar-refractivity contribution in [1.82, 2.24) is 4.90 Å². The van der Waals surface area contributed by atoms with E-state index in [4.69, 9.17) is 0 Å². The standard InChI is InChI=1S/C10H17NO6/c1-11(6-9(13)16-3)7(10(14)17-4)5-8(12)15-2/h7H,5-6H2,1-4H3. The first-order chi connectivity index (χ1) is 7.96. The summed E-state index contributed by atoms with van der Waals surface area (Å²) < 4.78 is 13.5. The third-order valence-corrected chi connectivity index (χ3v) is 2.20. The molecule has 1 unspecified atom stereocenters. The number of carbonyl (C=O) groups is 3. The lowest BCUT2D eigenvalue weighted by Crippen LogP contribution is -2.43. The molecule has 0 aliphatic heterocycles. The average molecular weight is 247 g/mol. The van der Waals surface area contributed by atoms with Crippen LogP contribution < -0.4 is 0 Å². The summed E-state index contributed by atoms with van der Waals surface area (Å²) in [5.74, 6) is -1.68. The maximum absolute atomic E-state index is 11.5. The molecule has 0 rings (SSSR count). The number of ether oxygens (including phenoxy) is 3. The van der Waals surface area contributed by atoms with Gasteiger partial charge in [-0.25, -0.2) is 0 Å². The number of esters is 3. The minimum atomic E-state index is -0.869. The minimum Gasteiger partial charge on any atom is -0.469 e. The zero-order valence-electron chi connectivity index (χ0n) is 10.4. The Kier molecular flexibility index (Phi) is 6.88. The van der Waals surface area contributed by atoms with Gasteiger partial charge in [-0.3, -0.25) is 19.3 Å². The van der Waals surface area contributed by atoms with Gasteiger partial charge in [-0.1, -0.05) is 0 Å². The summed E-state index contributed by atoms with van der Waals surface area (Å²) in [6, 6.07) is -0.869. The molecule has 0 bridgehead atoms. The molecule has 0 amide bonds. The van der Waals surface area contributed by atoms with E-state index in [1.807, 2.05) is 0 Å². The second-order valence-corrected chi connectivity index (χ2v) is 3.31. The van der Waals surface area contributed by atoms with E-state index >= 15 is 0 Å². The summed E-state index contributed by atoms with van der Waals surface area (Å²) in [7, 11) is 5.18. The van der Waals surface area contributed by atoms with Gasteiger partial charge in [0.05, 0.1) is 34.3 Å². The van der Waals surface area contributed by atoms with Crippen molar-refractivity contribution in [2.75, 3.05) is 34.9 Å². The van der Waals surface area contributed by atoms with E-state index in [2.05, 4.69) is 14.2 Å². The van der Waals surface area contributed by atoms with Crippen molar-refractivity contribution in [2.45, 2.75) is 12.5 Å². The van der Waals surface area contributed by atoms with Crippen LogP contribution in [-0.2, 0) is 28.6 Å². The molecule has 17 heavy (non-hydrogen) atoms. The maximum atomic E-state index is 11.5. The van der Waals surface area contributed by atoms with Crippen molar-refractivity contribution in [2.24, 2.45) is 0 Å². The summed E-state index contributed by atoms with van der Waals surface area (Å²) in [6.45, 7) is -0.118. The average Bonchev–Trinajstić information content (AvgIpc) is 2.33. The van der Waals surface area contributed by atoms with Crippen LogP contribution in [-0.4, -0.2) is 63.8 Å². The van der Waals surface area contributed by atoms with Gasteiger partial charge < -0.3 is 14.2 Å². The smallest absolute Gasteiger partial charge is 0.323 e.